The molecule has 0 spiro atoms. The molecule has 0 aromatic heterocycles. The lowest BCUT2D eigenvalue weighted by atomic mass is 10.0. The Kier molecular flexibility index (Phi) is 3.39. The van der Waals surface area contributed by atoms with Gasteiger partial charge in [0.15, 0.2) is 0 Å². The number of benzene rings is 1. The van der Waals surface area contributed by atoms with Crippen molar-refractivity contribution in [3.63, 3.8) is 0 Å². The van der Waals surface area contributed by atoms with Gasteiger partial charge in [-0.1, -0.05) is 13.8 Å². The summed E-state index contributed by atoms with van der Waals surface area (Å²) < 4.78 is 5.32. The largest absolute Gasteiger partial charge is 0.496 e. The SMILES string of the molecule is COc1ccc(N(C)C)cc1C(C)C. The van der Waals surface area contributed by atoms with E-state index in [0.29, 0.717) is 5.92 Å². The molecule has 0 aliphatic heterocycles. The van der Waals surface area contributed by atoms with Crippen LogP contribution in [0.25, 0.3) is 0 Å². The topological polar surface area (TPSA) is 12.5 Å². The predicted octanol–water partition coefficient (Wildman–Crippen LogP) is 2.88. The summed E-state index contributed by atoms with van der Waals surface area (Å²) in [5, 5.41) is 0. The summed E-state index contributed by atoms with van der Waals surface area (Å²) in [5.74, 6) is 1.47. The van der Waals surface area contributed by atoms with Crippen LogP contribution in [0.1, 0.15) is 25.3 Å². The number of ether oxygens (including phenoxy) is 1. The molecule has 0 unspecified atom stereocenters. The molecule has 0 bridgehead atoms. The second-order valence-corrected chi connectivity index (χ2v) is 3.98. The van der Waals surface area contributed by atoms with Crippen molar-refractivity contribution in [3.8, 4) is 5.75 Å². The lowest BCUT2D eigenvalue weighted by Gasteiger charge is -2.17. The molecule has 0 radical (unpaired) electrons. The molecule has 0 atom stereocenters. The zero-order chi connectivity index (χ0) is 10.7. The molecule has 1 aromatic carbocycles. The third-order valence-corrected chi connectivity index (χ3v) is 2.35. The molecule has 0 amide bonds. The first kappa shape index (κ1) is 10.9. The van der Waals surface area contributed by atoms with Crippen LogP contribution in [0.2, 0.25) is 0 Å². The van der Waals surface area contributed by atoms with Crippen LogP contribution in [0.5, 0.6) is 5.75 Å². The van der Waals surface area contributed by atoms with E-state index in [1.165, 1.54) is 11.3 Å². The molecule has 0 fully saturated rings. The van der Waals surface area contributed by atoms with Crippen LogP contribution in [0.3, 0.4) is 0 Å². The van der Waals surface area contributed by atoms with Gasteiger partial charge in [-0.3, -0.25) is 0 Å². The minimum Gasteiger partial charge on any atom is -0.496 e. The van der Waals surface area contributed by atoms with Gasteiger partial charge < -0.3 is 9.64 Å². The van der Waals surface area contributed by atoms with Crippen LogP contribution in [0, 0.1) is 0 Å². The highest BCUT2D eigenvalue weighted by Gasteiger charge is 2.08. The summed E-state index contributed by atoms with van der Waals surface area (Å²) in [7, 11) is 5.81. The lowest BCUT2D eigenvalue weighted by molar-refractivity contribution is 0.407. The summed E-state index contributed by atoms with van der Waals surface area (Å²) in [6.45, 7) is 4.36. The van der Waals surface area contributed by atoms with Crippen molar-refractivity contribution in [2.45, 2.75) is 19.8 Å². The molecule has 0 heterocycles. The first-order valence-electron chi connectivity index (χ1n) is 4.91. The van der Waals surface area contributed by atoms with E-state index in [2.05, 4.69) is 30.9 Å². The van der Waals surface area contributed by atoms with Gasteiger partial charge in [-0.25, -0.2) is 0 Å². The molecule has 14 heavy (non-hydrogen) atoms. The van der Waals surface area contributed by atoms with E-state index in [1.807, 2.05) is 20.2 Å². The third kappa shape index (κ3) is 2.19. The van der Waals surface area contributed by atoms with E-state index in [-0.39, 0.29) is 0 Å². The van der Waals surface area contributed by atoms with Crippen LogP contribution in [0.15, 0.2) is 18.2 Å². The van der Waals surface area contributed by atoms with Gasteiger partial charge in [0.25, 0.3) is 0 Å². The van der Waals surface area contributed by atoms with Gasteiger partial charge in [0.1, 0.15) is 5.75 Å². The van der Waals surface area contributed by atoms with Crippen LogP contribution in [-0.2, 0) is 0 Å². The van der Waals surface area contributed by atoms with Crippen molar-refractivity contribution in [1.82, 2.24) is 0 Å². The second-order valence-electron chi connectivity index (χ2n) is 3.98. The summed E-state index contributed by atoms with van der Waals surface area (Å²) in [6, 6.07) is 6.29. The number of anilines is 1. The fourth-order valence-corrected chi connectivity index (χ4v) is 1.45. The summed E-state index contributed by atoms with van der Waals surface area (Å²) >= 11 is 0. The van der Waals surface area contributed by atoms with Crippen molar-refractivity contribution < 1.29 is 4.74 Å². The molecular formula is C12H19NO. The Balaban J connectivity index is 3.14. The van der Waals surface area contributed by atoms with Gasteiger partial charge in [-0.05, 0) is 29.7 Å². The minimum atomic E-state index is 0.491. The standard InChI is InChI=1S/C12H19NO/c1-9(2)11-8-10(13(3)4)6-7-12(11)14-5/h6-9H,1-5H3. The fraction of sp³-hybridized carbons (Fsp3) is 0.500. The van der Waals surface area contributed by atoms with Gasteiger partial charge >= 0.3 is 0 Å². The Bertz CT molecular complexity index is 305. The van der Waals surface area contributed by atoms with Crippen molar-refractivity contribution in [2.75, 3.05) is 26.1 Å². The summed E-state index contributed by atoms with van der Waals surface area (Å²) in [4.78, 5) is 2.10. The average molecular weight is 193 g/mol. The van der Waals surface area contributed by atoms with E-state index in [9.17, 15) is 0 Å². The smallest absolute Gasteiger partial charge is 0.122 e. The van der Waals surface area contributed by atoms with Crippen molar-refractivity contribution in [2.24, 2.45) is 0 Å². The van der Waals surface area contributed by atoms with Gasteiger partial charge in [0, 0.05) is 19.8 Å². The van der Waals surface area contributed by atoms with Gasteiger partial charge in [-0.2, -0.15) is 0 Å². The molecule has 1 rings (SSSR count). The molecule has 0 N–H and O–H groups in total. The number of hydrogen-bond acceptors (Lipinski definition) is 2. The first-order chi connectivity index (χ1) is 6.56. The van der Waals surface area contributed by atoms with Crippen molar-refractivity contribution >= 4 is 5.69 Å². The first-order valence-corrected chi connectivity index (χ1v) is 4.91. The molecule has 1 aromatic rings. The highest BCUT2D eigenvalue weighted by Crippen LogP contribution is 2.29. The molecule has 0 saturated carbocycles. The Morgan fingerprint density at radius 2 is 1.86 bits per heavy atom. The number of nitrogens with zero attached hydrogens (tertiary/aromatic N) is 1. The third-order valence-electron chi connectivity index (χ3n) is 2.35. The zero-order valence-corrected chi connectivity index (χ0v) is 9.66. The maximum Gasteiger partial charge on any atom is 0.122 e. The number of methoxy groups -OCH3 is 1. The maximum absolute atomic E-state index is 5.32. The van der Waals surface area contributed by atoms with E-state index in [0.717, 1.165) is 5.75 Å². The highest BCUT2D eigenvalue weighted by molar-refractivity contribution is 5.53. The lowest BCUT2D eigenvalue weighted by Crippen LogP contribution is -2.09. The van der Waals surface area contributed by atoms with Gasteiger partial charge in [0.2, 0.25) is 0 Å². The monoisotopic (exact) mass is 193 g/mol. The van der Waals surface area contributed by atoms with E-state index >= 15 is 0 Å². The van der Waals surface area contributed by atoms with Crippen LogP contribution < -0.4 is 9.64 Å². The minimum absolute atomic E-state index is 0.491. The fourth-order valence-electron chi connectivity index (χ4n) is 1.45. The molecular weight excluding hydrogens is 174 g/mol. The zero-order valence-electron chi connectivity index (χ0n) is 9.66. The highest BCUT2D eigenvalue weighted by atomic mass is 16.5. The Labute approximate surface area is 86.5 Å². The Morgan fingerprint density at radius 3 is 2.29 bits per heavy atom. The van der Waals surface area contributed by atoms with E-state index in [1.54, 1.807) is 7.11 Å². The average Bonchev–Trinajstić information content (AvgIpc) is 2.16. The van der Waals surface area contributed by atoms with Crippen molar-refractivity contribution in [1.29, 1.82) is 0 Å². The van der Waals surface area contributed by atoms with Crippen LogP contribution in [-0.4, -0.2) is 21.2 Å². The van der Waals surface area contributed by atoms with Crippen LogP contribution in [0.4, 0.5) is 5.69 Å². The Morgan fingerprint density at radius 1 is 1.21 bits per heavy atom. The molecule has 2 nitrogen and oxygen atoms in total. The van der Waals surface area contributed by atoms with Gasteiger partial charge in [0.05, 0.1) is 7.11 Å². The molecule has 2 heteroatoms. The van der Waals surface area contributed by atoms with E-state index < -0.39 is 0 Å². The molecule has 0 aliphatic rings. The Hall–Kier alpha value is -1.18. The van der Waals surface area contributed by atoms with E-state index in [4.69, 9.17) is 4.74 Å². The van der Waals surface area contributed by atoms with Crippen molar-refractivity contribution in [3.05, 3.63) is 23.8 Å². The summed E-state index contributed by atoms with van der Waals surface area (Å²) in [5.41, 5.74) is 2.48. The van der Waals surface area contributed by atoms with Gasteiger partial charge in [-0.15, -0.1) is 0 Å². The summed E-state index contributed by atoms with van der Waals surface area (Å²) in [6.07, 6.45) is 0. The number of hydrogen-bond donors (Lipinski definition) is 0. The second kappa shape index (κ2) is 4.36. The van der Waals surface area contributed by atoms with Crippen LogP contribution >= 0.6 is 0 Å². The molecule has 78 valence electrons. The predicted molar refractivity (Wildman–Crippen MR) is 61.4 cm³/mol. The maximum atomic E-state index is 5.32. The quantitative estimate of drug-likeness (QED) is 0.732. The normalized spacial score (nSPS) is 10.4. The molecule has 0 aliphatic carbocycles. The number of rotatable bonds is 3. The molecule has 0 saturated heterocycles.